The van der Waals surface area contributed by atoms with Gasteiger partial charge in [0.25, 0.3) is 0 Å². The third kappa shape index (κ3) is 3.73. The Morgan fingerprint density at radius 3 is 2.38 bits per heavy atom. The number of carboxylic acids is 1. The molecule has 1 N–H and O–H groups in total. The van der Waals surface area contributed by atoms with E-state index in [9.17, 15) is 9.59 Å². The van der Waals surface area contributed by atoms with Crippen molar-refractivity contribution in [3.8, 4) is 0 Å². The highest BCUT2D eigenvalue weighted by Crippen LogP contribution is 2.12. The van der Waals surface area contributed by atoms with Crippen molar-refractivity contribution in [1.82, 2.24) is 0 Å². The van der Waals surface area contributed by atoms with Gasteiger partial charge in [0.1, 0.15) is 0 Å². The van der Waals surface area contributed by atoms with Crippen molar-refractivity contribution in [3.05, 3.63) is 11.6 Å². The molecule has 0 aromatic heterocycles. The summed E-state index contributed by atoms with van der Waals surface area (Å²) in [4.78, 5) is 21.5. The average molecular weight is 186 g/mol. The van der Waals surface area contributed by atoms with Crippen LogP contribution in [-0.2, 0) is 14.3 Å². The normalized spacial score (nSPS) is 13.6. The van der Waals surface area contributed by atoms with Crippen molar-refractivity contribution < 1.29 is 19.4 Å². The predicted molar refractivity (Wildman–Crippen MR) is 47.2 cm³/mol. The molecule has 0 rings (SSSR count). The van der Waals surface area contributed by atoms with E-state index in [0.717, 1.165) is 0 Å². The molecule has 4 nitrogen and oxygen atoms in total. The van der Waals surface area contributed by atoms with Gasteiger partial charge in [-0.2, -0.15) is 0 Å². The molecular formula is C9H14O4. The minimum absolute atomic E-state index is 0.207. The lowest BCUT2D eigenvalue weighted by molar-refractivity contribution is -0.141. The van der Waals surface area contributed by atoms with E-state index in [-0.39, 0.29) is 6.42 Å². The Kier molecular flexibility index (Phi) is 4.80. The number of carbonyl (C=O) groups is 2. The van der Waals surface area contributed by atoms with Crippen molar-refractivity contribution in [1.29, 1.82) is 0 Å². The van der Waals surface area contributed by atoms with Crippen LogP contribution < -0.4 is 0 Å². The van der Waals surface area contributed by atoms with Gasteiger partial charge >= 0.3 is 11.9 Å². The van der Waals surface area contributed by atoms with Crippen LogP contribution >= 0.6 is 0 Å². The number of methoxy groups -OCH3 is 1. The summed E-state index contributed by atoms with van der Waals surface area (Å²) >= 11 is 0. The molecule has 4 heteroatoms. The van der Waals surface area contributed by atoms with E-state index in [0.29, 0.717) is 5.57 Å². The summed E-state index contributed by atoms with van der Waals surface area (Å²) in [7, 11) is 1.28. The van der Waals surface area contributed by atoms with E-state index in [4.69, 9.17) is 5.11 Å². The summed E-state index contributed by atoms with van der Waals surface area (Å²) in [5.41, 5.74) is 0.400. The lowest BCUT2D eigenvalue weighted by Crippen LogP contribution is -2.14. The predicted octanol–water partition coefficient (Wildman–Crippen LogP) is 1.22. The minimum atomic E-state index is -0.914. The molecule has 0 heterocycles. The van der Waals surface area contributed by atoms with Gasteiger partial charge in [-0.05, 0) is 13.3 Å². The molecule has 0 bridgehead atoms. The average Bonchev–Trinajstić information content (AvgIpc) is 2.12. The molecule has 0 saturated heterocycles. The van der Waals surface area contributed by atoms with Crippen molar-refractivity contribution in [2.24, 2.45) is 5.92 Å². The molecule has 0 fully saturated rings. The van der Waals surface area contributed by atoms with Crippen LogP contribution in [0.15, 0.2) is 11.6 Å². The maximum absolute atomic E-state index is 11.0. The first-order chi connectivity index (χ1) is 6.02. The number of ether oxygens (including phenoxy) is 1. The van der Waals surface area contributed by atoms with Gasteiger partial charge in [-0.25, -0.2) is 4.79 Å². The van der Waals surface area contributed by atoms with Crippen molar-refractivity contribution in [2.75, 3.05) is 7.11 Å². The third-order valence-corrected chi connectivity index (χ3v) is 1.74. The third-order valence-electron chi connectivity index (χ3n) is 1.74. The van der Waals surface area contributed by atoms with Gasteiger partial charge in [-0.3, -0.25) is 4.79 Å². The second-order valence-corrected chi connectivity index (χ2v) is 2.75. The molecule has 0 unspecified atom stereocenters. The minimum Gasteiger partial charge on any atom is -0.481 e. The van der Waals surface area contributed by atoms with Crippen LogP contribution in [0.5, 0.6) is 0 Å². The zero-order valence-corrected chi connectivity index (χ0v) is 8.03. The van der Waals surface area contributed by atoms with E-state index >= 15 is 0 Å². The van der Waals surface area contributed by atoms with Crippen LogP contribution in [-0.4, -0.2) is 24.2 Å². The number of carbonyl (C=O) groups excluding carboxylic acids is 1. The molecule has 0 spiro atoms. The van der Waals surface area contributed by atoms with Crippen LogP contribution in [0.25, 0.3) is 0 Å². The van der Waals surface area contributed by atoms with Crippen molar-refractivity contribution >= 4 is 11.9 Å². The Morgan fingerprint density at radius 1 is 1.54 bits per heavy atom. The Bertz CT molecular complexity index is 230. The molecule has 0 amide bonds. The summed E-state index contributed by atoms with van der Waals surface area (Å²) in [5, 5.41) is 8.60. The fourth-order valence-corrected chi connectivity index (χ4v) is 0.867. The standard InChI is InChI=1S/C9H14O4/c1-4-7(9(12)13-3)5-6(2)8(10)11/h4,6H,5H2,1-3H3,(H,10,11)/b7-4+/t6-/m1/s1. The Balaban J connectivity index is 4.31. The lowest BCUT2D eigenvalue weighted by atomic mass is 10.0. The molecule has 0 radical (unpaired) electrons. The van der Waals surface area contributed by atoms with E-state index in [1.807, 2.05) is 0 Å². The maximum Gasteiger partial charge on any atom is 0.333 e. The second kappa shape index (κ2) is 5.35. The van der Waals surface area contributed by atoms with Crippen LogP contribution in [0, 0.1) is 5.92 Å². The van der Waals surface area contributed by atoms with Gasteiger partial charge in [0, 0.05) is 5.57 Å². The molecule has 0 saturated carbocycles. The number of esters is 1. The molecule has 74 valence electrons. The summed E-state index contributed by atoms with van der Waals surface area (Å²) in [5.74, 6) is -1.94. The molecular weight excluding hydrogens is 172 g/mol. The smallest absolute Gasteiger partial charge is 0.333 e. The number of aliphatic carboxylic acids is 1. The monoisotopic (exact) mass is 186 g/mol. The molecule has 0 aliphatic carbocycles. The van der Waals surface area contributed by atoms with E-state index in [2.05, 4.69) is 4.74 Å². The quantitative estimate of drug-likeness (QED) is 0.529. The molecule has 0 aromatic rings. The van der Waals surface area contributed by atoms with Crippen LogP contribution in [0.3, 0.4) is 0 Å². The number of carboxylic acid groups (broad SMARTS) is 1. The first kappa shape index (κ1) is 11.7. The summed E-state index contributed by atoms with van der Waals surface area (Å²) in [6.45, 7) is 3.23. The van der Waals surface area contributed by atoms with Gasteiger partial charge < -0.3 is 9.84 Å². The van der Waals surface area contributed by atoms with Gasteiger partial charge in [0.2, 0.25) is 0 Å². The van der Waals surface area contributed by atoms with Crippen LogP contribution in [0.2, 0.25) is 0 Å². The van der Waals surface area contributed by atoms with Gasteiger partial charge in [-0.15, -0.1) is 0 Å². The van der Waals surface area contributed by atoms with Crippen LogP contribution in [0.1, 0.15) is 20.3 Å². The SMILES string of the molecule is C/C=C(\C[C@@H](C)C(=O)O)C(=O)OC. The molecule has 0 aliphatic heterocycles. The summed E-state index contributed by atoms with van der Waals surface area (Å²) < 4.78 is 4.48. The first-order valence-corrected chi connectivity index (χ1v) is 3.99. The summed E-state index contributed by atoms with van der Waals surface area (Å²) in [6, 6.07) is 0. The number of allylic oxidation sites excluding steroid dienone is 1. The fraction of sp³-hybridized carbons (Fsp3) is 0.556. The largest absolute Gasteiger partial charge is 0.481 e. The Labute approximate surface area is 77.2 Å². The summed E-state index contributed by atoms with van der Waals surface area (Å²) in [6.07, 6.45) is 1.78. The van der Waals surface area contributed by atoms with Gasteiger partial charge in [0.15, 0.2) is 0 Å². The number of hydrogen-bond acceptors (Lipinski definition) is 3. The second-order valence-electron chi connectivity index (χ2n) is 2.75. The highest BCUT2D eigenvalue weighted by molar-refractivity contribution is 5.89. The lowest BCUT2D eigenvalue weighted by Gasteiger charge is -2.07. The topological polar surface area (TPSA) is 63.6 Å². The van der Waals surface area contributed by atoms with Crippen molar-refractivity contribution in [3.63, 3.8) is 0 Å². The highest BCUT2D eigenvalue weighted by atomic mass is 16.5. The molecule has 0 aromatic carbocycles. The van der Waals surface area contributed by atoms with Crippen LogP contribution in [0.4, 0.5) is 0 Å². The first-order valence-electron chi connectivity index (χ1n) is 3.99. The Hall–Kier alpha value is -1.32. The van der Waals surface area contributed by atoms with E-state index < -0.39 is 17.9 Å². The molecule has 0 aliphatic rings. The van der Waals surface area contributed by atoms with E-state index in [1.54, 1.807) is 19.9 Å². The zero-order chi connectivity index (χ0) is 10.4. The Morgan fingerprint density at radius 2 is 2.08 bits per heavy atom. The highest BCUT2D eigenvalue weighted by Gasteiger charge is 2.17. The number of hydrogen-bond donors (Lipinski definition) is 1. The van der Waals surface area contributed by atoms with E-state index in [1.165, 1.54) is 7.11 Å². The van der Waals surface area contributed by atoms with Crippen molar-refractivity contribution in [2.45, 2.75) is 20.3 Å². The molecule has 13 heavy (non-hydrogen) atoms. The molecule has 1 atom stereocenters. The fourth-order valence-electron chi connectivity index (χ4n) is 0.867. The zero-order valence-electron chi connectivity index (χ0n) is 8.03. The number of rotatable bonds is 4. The van der Waals surface area contributed by atoms with Gasteiger partial charge in [0.05, 0.1) is 13.0 Å². The van der Waals surface area contributed by atoms with Gasteiger partial charge in [-0.1, -0.05) is 13.0 Å². The maximum atomic E-state index is 11.0.